The molecule has 1 N–H and O–H groups in total. The lowest BCUT2D eigenvalue weighted by Crippen LogP contribution is -2.04. The molecular formula is C14H7BrF3IN2. The summed E-state index contributed by atoms with van der Waals surface area (Å²) in [5.41, 5.74) is 1.04. The van der Waals surface area contributed by atoms with Gasteiger partial charge in [-0.2, -0.15) is 13.2 Å². The Morgan fingerprint density at radius 3 is 2.57 bits per heavy atom. The van der Waals surface area contributed by atoms with Gasteiger partial charge in [0.25, 0.3) is 0 Å². The number of nitrogens with one attached hydrogen (secondary N) is 1. The van der Waals surface area contributed by atoms with Crippen LogP contribution in [0.1, 0.15) is 5.56 Å². The summed E-state index contributed by atoms with van der Waals surface area (Å²) in [6.07, 6.45) is -4.36. The highest BCUT2D eigenvalue weighted by Gasteiger charge is 2.30. The van der Waals surface area contributed by atoms with E-state index in [9.17, 15) is 13.2 Å². The molecule has 2 aromatic carbocycles. The fraction of sp³-hybridized carbons (Fsp3) is 0.0714. The van der Waals surface area contributed by atoms with Crippen LogP contribution in [0.5, 0.6) is 0 Å². The SMILES string of the molecule is FC(F)(F)c1ccc2nc(-c3cc(Br)ccc3I)[nH]c2c1. The maximum atomic E-state index is 12.7. The van der Waals surface area contributed by atoms with E-state index >= 15 is 0 Å². The van der Waals surface area contributed by atoms with E-state index in [0.29, 0.717) is 16.9 Å². The molecule has 0 aliphatic rings. The highest BCUT2D eigenvalue weighted by molar-refractivity contribution is 14.1. The lowest BCUT2D eigenvalue weighted by molar-refractivity contribution is -0.137. The van der Waals surface area contributed by atoms with Crippen molar-refractivity contribution < 1.29 is 13.2 Å². The fourth-order valence-corrected chi connectivity index (χ4v) is 2.94. The zero-order valence-electron chi connectivity index (χ0n) is 10.3. The fourth-order valence-electron chi connectivity index (χ4n) is 1.99. The van der Waals surface area contributed by atoms with Crippen LogP contribution >= 0.6 is 38.5 Å². The first kappa shape index (κ1) is 14.8. The van der Waals surface area contributed by atoms with Crippen molar-refractivity contribution in [3.63, 3.8) is 0 Å². The maximum absolute atomic E-state index is 12.7. The van der Waals surface area contributed by atoms with Crippen molar-refractivity contribution in [3.8, 4) is 11.4 Å². The standard InChI is InChI=1S/C14H7BrF3IN2/c15-8-2-3-10(19)9(6-8)13-20-11-4-1-7(14(16,17)18)5-12(11)21-13/h1-6H,(H,20,21). The number of rotatable bonds is 1. The largest absolute Gasteiger partial charge is 0.416 e. The molecular weight excluding hydrogens is 460 g/mol. The van der Waals surface area contributed by atoms with Gasteiger partial charge in [0.15, 0.2) is 0 Å². The number of aromatic amines is 1. The van der Waals surface area contributed by atoms with Gasteiger partial charge in [-0.05, 0) is 59.0 Å². The van der Waals surface area contributed by atoms with Crippen LogP contribution in [0, 0.1) is 3.57 Å². The highest BCUT2D eigenvalue weighted by Crippen LogP contribution is 2.32. The van der Waals surface area contributed by atoms with Crippen LogP contribution < -0.4 is 0 Å². The van der Waals surface area contributed by atoms with Gasteiger partial charge in [0, 0.05) is 13.6 Å². The molecule has 21 heavy (non-hydrogen) atoms. The van der Waals surface area contributed by atoms with Gasteiger partial charge in [-0.25, -0.2) is 4.98 Å². The van der Waals surface area contributed by atoms with Crippen LogP contribution in [-0.2, 0) is 6.18 Å². The van der Waals surface area contributed by atoms with E-state index in [0.717, 1.165) is 25.7 Å². The zero-order chi connectivity index (χ0) is 15.2. The minimum atomic E-state index is -4.36. The topological polar surface area (TPSA) is 28.7 Å². The number of halogens is 5. The zero-order valence-corrected chi connectivity index (χ0v) is 14.0. The Balaban J connectivity index is 2.15. The van der Waals surface area contributed by atoms with Crippen LogP contribution in [0.3, 0.4) is 0 Å². The molecule has 2 nitrogen and oxygen atoms in total. The number of imidazole rings is 1. The lowest BCUT2D eigenvalue weighted by Gasteiger charge is -2.05. The normalized spacial score (nSPS) is 12.0. The molecule has 0 saturated heterocycles. The van der Waals surface area contributed by atoms with Crippen molar-refractivity contribution in [2.75, 3.05) is 0 Å². The lowest BCUT2D eigenvalue weighted by atomic mass is 10.2. The van der Waals surface area contributed by atoms with E-state index in [1.54, 1.807) is 0 Å². The number of aromatic nitrogens is 2. The number of hydrogen-bond donors (Lipinski definition) is 1. The van der Waals surface area contributed by atoms with E-state index in [1.165, 1.54) is 6.07 Å². The molecule has 0 unspecified atom stereocenters. The minimum Gasteiger partial charge on any atom is -0.338 e. The molecule has 1 aromatic heterocycles. The van der Waals surface area contributed by atoms with Crippen molar-refractivity contribution in [2.45, 2.75) is 6.18 Å². The average molecular weight is 467 g/mol. The average Bonchev–Trinajstić information content (AvgIpc) is 2.83. The van der Waals surface area contributed by atoms with Gasteiger partial charge in [-0.3, -0.25) is 0 Å². The predicted octanol–water partition coefficient (Wildman–Crippen LogP) is 5.62. The molecule has 0 atom stereocenters. The molecule has 0 spiro atoms. The van der Waals surface area contributed by atoms with Crippen LogP contribution in [0.15, 0.2) is 40.9 Å². The van der Waals surface area contributed by atoms with Crippen LogP contribution in [-0.4, -0.2) is 9.97 Å². The van der Waals surface area contributed by atoms with E-state index < -0.39 is 11.7 Å². The Morgan fingerprint density at radius 1 is 1.10 bits per heavy atom. The molecule has 0 amide bonds. The van der Waals surface area contributed by atoms with Gasteiger partial charge >= 0.3 is 6.18 Å². The first-order chi connectivity index (χ1) is 9.84. The Labute approximate surface area is 140 Å². The molecule has 3 aromatic rings. The molecule has 7 heteroatoms. The number of fused-ring (bicyclic) bond motifs is 1. The van der Waals surface area contributed by atoms with Gasteiger partial charge in [-0.1, -0.05) is 15.9 Å². The Bertz CT molecular complexity index is 827. The summed E-state index contributed by atoms with van der Waals surface area (Å²) in [4.78, 5) is 7.32. The van der Waals surface area contributed by atoms with Crippen molar-refractivity contribution >= 4 is 49.6 Å². The molecule has 0 radical (unpaired) electrons. The van der Waals surface area contributed by atoms with E-state index in [1.807, 2.05) is 18.2 Å². The van der Waals surface area contributed by atoms with Gasteiger partial charge in [0.1, 0.15) is 5.82 Å². The summed E-state index contributed by atoms with van der Waals surface area (Å²) in [5, 5.41) is 0. The Hall–Kier alpha value is -1.09. The van der Waals surface area contributed by atoms with Crippen molar-refractivity contribution in [2.24, 2.45) is 0 Å². The Kier molecular flexibility index (Phi) is 3.73. The smallest absolute Gasteiger partial charge is 0.338 e. The molecule has 0 bridgehead atoms. The third-order valence-corrected chi connectivity index (χ3v) is 4.43. The molecule has 1 heterocycles. The van der Waals surface area contributed by atoms with Crippen molar-refractivity contribution in [3.05, 3.63) is 50.0 Å². The van der Waals surface area contributed by atoms with Gasteiger partial charge < -0.3 is 4.98 Å². The summed E-state index contributed by atoms with van der Waals surface area (Å²) < 4.78 is 40.0. The third kappa shape index (κ3) is 2.94. The van der Waals surface area contributed by atoms with Crippen LogP contribution in [0.25, 0.3) is 22.4 Å². The minimum absolute atomic E-state index is 0.371. The monoisotopic (exact) mass is 466 g/mol. The molecule has 108 valence electrons. The van der Waals surface area contributed by atoms with Gasteiger partial charge in [0.05, 0.1) is 16.6 Å². The van der Waals surface area contributed by atoms with Crippen LogP contribution in [0.2, 0.25) is 0 Å². The summed E-state index contributed by atoms with van der Waals surface area (Å²) in [7, 11) is 0. The summed E-state index contributed by atoms with van der Waals surface area (Å²) in [6, 6.07) is 9.19. The van der Waals surface area contributed by atoms with Gasteiger partial charge in [0.2, 0.25) is 0 Å². The molecule has 0 aliphatic heterocycles. The van der Waals surface area contributed by atoms with Gasteiger partial charge in [-0.15, -0.1) is 0 Å². The van der Waals surface area contributed by atoms with Crippen LogP contribution in [0.4, 0.5) is 13.2 Å². The summed E-state index contributed by atoms with van der Waals surface area (Å²) in [5.74, 6) is 0.551. The second kappa shape index (κ2) is 5.28. The number of H-pyrrole nitrogens is 1. The first-order valence-electron chi connectivity index (χ1n) is 5.87. The second-order valence-corrected chi connectivity index (χ2v) is 6.52. The Morgan fingerprint density at radius 2 is 1.86 bits per heavy atom. The number of hydrogen-bond acceptors (Lipinski definition) is 1. The number of benzene rings is 2. The summed E-state index contributed by atoms with van der Waals surface area (Å²) in [6.45, 7) is 0. The highest BCUT2D eigenvalue weighted by atomic mass is 127. The quantitative estimate of drug-likeness (QED) is 0.463. The predicted molar refractivity (Wildman–Crippen MR) is 86.9 cm³/mol. The number of alkyl halides is 3. The van der Waals surface area contributed by atoms with E-state index in [2.05, 4.69) is 48.5 Å². The first-order valence-corrected chi connectivity index (χ1v) is 7.74. The van der Waals surface area contributed by atoms with Crippen molar-refractivity contribution in [1.82, 2.24) is 9.97 Å². The third-order valence-electron chi connectivity index (χ3n) is 2.99. The molecule has 3 rings (SSSR count). The number of nitrogens with zero attached hydrogens (tertiary/aromatic N) is 1. The van der Waals surface area contributed by atoms with Crippen molar-refractivity contribution in [1.29, 1.82) is 0 Å². The van der Waals surface area contributed by atoms with E-state index in [-0.39, 0.29) is 0 Å². The van der Waals surface area contributed by atoms with E-state index in [4.69, 9.17) is 0 Å². The molecule has 0 saturated carbocycles. The molecule has 0 aliphatic carbocycles. The summed E-state index contributed by atoms with van der Waals surface area (Å²) >= 11 is 5.55. The second-order valence-electron chi connectivity index (χ2n) is 4.44. The molecule has 0 fully saturated rings. The maximum Gasteiger partial charge on any atom is 0.416 e.